The van der Waals surface area contributed by atoms with Crippen molar-refractivity contribution in [3.8, 4) is 0 Å². The van der Waals surface area contributed by atoms with Gasteiger partial charge in [0.2, 0.25) is 5.91 Å². The van der Waals surface area contributed by atoms with Gasteiger partial charge in [-0.25, -0.2) is 4.98 Å². The largest absolute Gasteiger partial charge is 0.368 e. The van der Waals surface area contributed by atoms with Gasteiger partial charge in [-0.15, -0.1) is 11.3 Å². The molecule has 0 spiro atoms. The first-order valence-corrected chi connectivity index (χ1v) is 17.0. The molecule has 226 valence electrons. The summed E-state index contributed by atoms with van der Waals surface area (Å²) in [5, 5.41) is 7.76. The molecule has 3 aliphatic heterocycles. The molecule has 1 N–H and O–H groups in total. The number of aryl methyl sites for hydroxylation is 1. The third kappa shape index (κ3) is 6.90. The molecule has 5 heterocycles. The van der Waals surface area contributed by atoms with Crippen molar-refractivity contribution >= 4 is 39.0 Å². The Hall–Kier alpha value is -2.75. The molecule has 3 aliphatic rings. The highest BCUT2D eigenvalue weighted by atomic mass is 32.1. The summed E-state index contributed by atoms with van der Waals surface area (Å²) in [5.74, 6) is 0.925. The number of piperidine rings is 1. The first kappa shape index (κ1) is 29.3. The van der Waals surface area contributed by atoms with E-state index in [1.807, 2.05) is 12.3 Å². The number of aromatic nitrogens is 2. The van der Waals surface area contributed by atoms with Crippen LogP contribution in [0.4, 0.5) is 10.8 Å². The molecule has 6 rings (SSSR count). The molecular weight excluding hydrogens is 542 g/mol. The minimum Gasteiger partial charge on any atom is -0.368 e. The van der Waals surface area contributed by atoms with Crippen molar-refractivity contribution in [1.29, 1.82) is 0 Å². The van der Waals surface area contributed by atoms with E-state index < -0.39 is 0 Å². The Bertz CT molecular complexity index is 1330. The lowest BCUT2D eigenvalue weighted by Crippen LogP contribution is -2.39. The average molecular weight is 590 g/mol. The van der Waals surface area contributed by atoms with Crippen molar-refractivity contribution in [3.63, 3.8) is 0 Å². The van der Waals surface area contributed by atoms with Gasteiger partial charge in [0.05, 0.1) is 22.9 Å². The van der Waals surface area contributed by atoms with Crippen molar-refractivity contribution in [3.05, 3.63) is 47.1 Å². The fourth-order valence-corrected chi connectivity index (χ4v) is 7.83. The number of anilines is 2. The number of hydrogen-bond donors (Lipinski definition) is 1. The van der Waals surface area contributed by atoms with E-state index in [9.17, 15) is 4.79 Å². The van der Waals surface area contributed by atoms with Gasteiger partial charge in [-0.3, -0.25) is 14.7 Å². The number of thiazole rings is 1. The van der Waals surface area contributed by atoms with Gasteiger partial charge in [0.1, 0.15) is 0 Å². The highest BCUT2D eigenvalue weighted by Crippen LogP contribution is 2.34. The average Bonchev–Trinajstić information content (AvgIpc) is 3.65. The molecule has 8 nitrogen and oxygen atoms in total. The summed E-state index contributed by atoms with van der Waals surface area (Å²) < 4.78 is 0. The SMILES string of the molecule is Cc1ccc2cccnc2c1N1CCCN(C(CC(=O)NCCN2CCCC2)c2csc(N3CCC(C)CC3)n2)CC1. The molecule has 3 fully saturated rings. The second-order valence-electron chi connectivity index (χ2n) is 12.5. The first-order chi connectivity index (χ1) is 20.5. The molecule has 2 aromatic heterocycles. The van der Waals surface area contributed by atoms with Gasteiger partial charge in [0.15, 0.2) is 5.13 Å². The van der Waals surface area contributed by atoms with Gasteiger partial charge in [0, 0.05) is 75.7 Å². The predicted octanol–water partition coefficient (Wildman–Crippen LogP) is 5.09. The first-order valence-electron chi connectivity index (χ1n) is 16.1. The molecule has 1 atom stereocenters. The summed E-state index contributed by atoms with van der Waals surface area (Å²) in [4.78, 5) is 33.2. The van der Waals surface area contributed by atoms with E-state index >= 15 is 0 Å². The van der Waals surface area contributed by atoms with E-state index in [0.29, 0.717) is 6.42 Å². The van der Waals surface area contributed by atoms with Crippen LogP contribution in [-0.2, 0) is 4.79 Å². The molecule has 0 bridgehead atoms. The molecule has 3 aromatic rings. The molecule has 1 unspecified atom stereocenters. The maximum absolute atomic E-state index is 13.3. The third-order valence-electron chi connectivity index (χ3n) is 9.47. The van der Waals surface area contributed by atoms with Crippen LogP contribution in [0.3, 0.4) is 0 Å². The lowest BCUT2D eigenvalue weighted by Gasteiger charge is -2.31. The molecule has 0 saturated carbocycles. The summed E-state index contributed by atoms with van der Waals surface area (Å²) in [6.07, 6.45) is 8.39. The molecule has 1 aromatic carbocycles. The van der Waals surface area contributed by atoms with Crippen LogP contribution in [0.1, 0.15) is 62.7 Å². The number of fused-ring (bicyclic) bond motifs is 1. The van der Waals surface area contributed by atoms with Crippen LogP contribution in [0.2, 0.25) is 0 Å². The number of amides is 1. The monoisotopic (exact) mass is 589 g/mol. The minimum atomic E-state index is -0.0165. The van der Waals surface area contributed by atoms with E-state index in [1.165, 1.54) is 42.3 Å². The van der Waals surface area contributed by atoms with Gasteiger partial charge >= 0.3 is 0 Å². The van der Waals surface area contributed by atoms with Gasteiger partial charge in [0.25, 0.3) is 0 Å². The number of pyridine rings is 1. The smallest absolute Gasteiger partial charge is 0.222 e. The topological polar surface area (TPSA) is 67.8 Å². The lowest BCUT2D eigenvalue weighted by molar-refractivity contribution is -0.122. The number of rotatable bonds is 9. The standard InChI is InChI=1S/C33H47N7OS/c1-25-10-18-40(19-11-25)33-36-28(24-42-33)29(23-30(41)34-13-20-37-14-3-4-15-37)38-16-6-17-39(22-21-38)32-26(2)8-9-27-7-5-12-35-31(27)32/h5,7-9,12,24-25,29H,3-4,6,10-11,13-23H2,1-2H3,(H,34,41). The third-order valence-corrected chi connectivity index (χ3v) is 10.4. The number of benzene rings is 1. The van der Waals surface area contributed by atoms with E-state index in [2.05, 4.69) is 62.3 Å². The Labute approximate surface area is 255 Å². The minimum absolute atomic E-state index is 0.0165. The number of hydrogen-bond acceptors (Lipinski definition) is 8. The van der Waals surface area contributed by atoms with E-state index in [0.717, 1.165) is 94.1 Å². The maximum atomic E-state index is 13.3. The predicted molar refractivity (Wildman–Crippen MR) is 174 cm³/mol. The molecule has 9 heteroatoms. The number of carbonyl (C=O) groups excluding carboxylic acids is 1. The molecule has 1 amide bonds. The van der Waals surface area contributed by atoms with Crippen molar-refractivity contribution < 1.29 is 4.79 Å². The highest BCUT2D eigenvalue weighted by molar-refractivity contribution is 7.13. The molecular formula is C33H47N7OS. The van der Waals surface area contributed by atoms with Crippen LogP contribution in [0, 0.1) is 12.8 Å². The summed E-state index contributed by atoms with van der Waals surface area (Å²) in [7, 11) is 0. The summed E-state index contributed by atoms with van der Waals surface area (Å²) >= 11 is 1.75. The molecule has 0 aliphatic carbocycles. The molecule has 0 radical (unpaired) electrons. The summed E-state index contributed by atoms with van der Waals surface area (Å²) in [5.41, 5.74) is 4.66. The van der Waals surface area contributed by atoms with Crippen molar-refractivity contribution in [1.82, 2.24) is 25.1 Å². The van der Waals surface area contributed by atoms with Crippen LogP contribution in [0.15, 0.2) is 35.8 Å². The van der Waals surface area contributed by atoms with Crippen LogP contribution < -0.4 is 15.1 Å². The maximum Gasteiger partial charge on any atom is 0.222 e. The van der Waals surface area contributed by atoms with Gasteiger partial charge in [-0.2, -0.15) is 0 Å². The van der Waals surface area contributed by atoms with Crippen molar-refractivity contribution in [2.24, 2.45) is 5.92 Å². The Morgan fingerprint density at radius 2 is 1.83 bits per heavy atom. The second-order valence-corrected chi connectivity index (χ2v) is 13.4. The van der Waals surface area contributed by atoms with Crippen molar-refractivity contribution in [2.75, 3.05) is 75.2 Å². The van der Waals surface area contributed by atoms with E-state index in [4.69, 9.17) is 9.97 Å². The van der Waals surface area contributed by atoms with Gasteiger partial charge in [-0.05, 0) is 69.7 Å². The summed E-state index contributed by atoms with van der Waals surface area (Å²) in [6.45, 7) is 14.4. The zero-order chi connectivity index (χ0) is 28.9. The quantitative estimate of drug-likeness (QED) is 0.373. The Kier molecular flexibility index (Phi) is 9.56. The summed E-state index contributed by atoms with van der Waals surface area (Å²) in [6, 6.07) is 8.54. The zero-order valence-corrected chi connectivity index (χ0v) is 26.2. The van der Waals surface area contributed by atoms with Crippen LogP contribution >= 0.6 is 11.3 Å². The van der Waals surface area contributed by atoms with Crippen LogP contribution in [0.25, 0.3) is 10.9 Å². The highest BCUT2D eigenvalue weighted by Gasteiger charge is 2.30. The van der Waals surface area contributed by atoms with Gasteiger partial charge < -0.3 is 20.0 Å². The lowest BCUT2D eigenvalue weighted by atomic mass is 10.00. The molecule has 42 heavy (non-hydrogen) atoms. The number of carbonyl (C=O) groups is 1. The van der Waals surface area contributed by atoms with E-state index in [-0.39, 0.29) is 11.9 Å². The molecule has 3 saturated heterocycles. The Morgan fingerprint density at radius 1 is 1.00 bits per heavy atom. The van der Waals surface area contributed by atoms with E-state index in [1.54, 1.807) is 11.3 Å². The van der Waals surface area contributed by atoms with Gasteiger partial charge in [-0.1, -0.05) is 25.1 Å². The normalized spacial score (nSPS) is 20.2. The zero-order valence-electron chi connectivity index (χ0n) is 25.4. The number of nitrogens with one attached hydrogen (secondary N) is 1. The Morgan fingerprint density at radius 3 is 2.67 bits per heavy atom. The number of likely N-dealkylation sites (tertiary alicyclic amines) is 1. The fourth-order valence-electron chi connectivity index (χ4n) is 6.91. The van der Waals surface area contributed by atoms with Crippen molar-refractivity contribution in [2.45, 2.75) is 58.4 Å². The second kappa shape index (κ2) is 13.7. The fraction of sp³-hybridized carbons (Fsp3) is 0.606. The van der Waals surface area contributed by atoms with Crippen LogP contribution in [-0.4, -0.2) is 91.1 Å². The Balaban J connectivity index is 1.18. The number of nitrogens with zero attached hydrogens (tertiary/aromatic N) is 6. The van der Waals surface area contributed by atoms with Crippen LogP contribution in [0.5, 0.6) is 0 Å².